The lowest BCUT2D eigenvalue weighted by Gasteiger charge is -2.11. The molecule has 0 unspecified atom stereocenters. The molecule has 0 fully saturated rings. The van der Waals surface area contributed by atoms with Crippen molar-refractivity contribution in [3.05, 3.63) is 75.7 Å². The molecule has 0 spiro atoms. The summed E-state index contributed by atoms with van der Waals surface area (Å²) < 4.78 is 70.0. The van der Waals surface area contributed by atoms with Gasteiger partial charge in [0.05, 0.1) is 6.26 Å². The number of ether oxygens (including phenoxy) is 1. The van der Waals surface area contributed by atoms with E-state index in [1.54, 1.807) is 0 Å². The summed E-state index contributed by atoms with van der Waals surface area (Å²) >= 11 is 12.3. The normalized spacial score (nSPS) is 11.3. The Morgan fingerprint density at radius 1 is 1.03 bits per heavy atom. The van der Waals surface area contributed by atoms with E-state index < -0.39 is 39.1 Å². The van der Waals surface area contributed by atoms with Crippen LogP contribution in [-0.4, -0.2) is 25.6 Å². The minimum absolute atomic E-state index is 0.00441. The summed E-state index contributed by atoms with van der Waals surface area (Å²) in [7, 11) is -3.75. The Balaban J connectivity index is 1.90. The number of hydrogen-bond donors (Lipinski definition) is 1. The average molecular weight is 491 g/mol. The number of halogens is 5. The van der Waals surface area contributed by atoms with E-state index in [1.807, 2.05) is 4.72 Å². The Bertz CT molecular complexity index is 1300. The van der Waals surface area contributed by atoms with Gasteiger partial charge in [-0.1, -0.05) is 29.3 Å². The molecule has 162 valence electrons. The van der Waals surface area contributed by atoms with Gasteiger partial charge >= 0.3 is 0 Å². The van der Waals surface area contributed by atoms with Crippen LogP contribution in [0, 0.1) is 17.5 Å². The topological polar surface area (TPSA) is 85.4 Å². The number of carbonyl (C=O) groups excluding carboxylic acids is 1. The highest BCUT2D eigenvalue weighted by molar-refractivity contribution is 7.89. The van der Waals surface area contributed by atoms with Crippen LogP contribution in [0.1, 0.15) is 10.4 Å². The van der Waals surface area contributed by atoms with Crippen LogP contribution >= 0.6 is 23.2 Å². The predicted octanol–water partition coefficient (Wildman–Crippen LogP) is 4.95. The molecular formula is C19H11Cl2F3N2O4S. The zero-order chi connectivity index (χ0) is 22.9. The van der Waals surface area contributed by atoms with Gasteiger partial charge in [-0.25, -0.2) is 26.9 Å². The lowest BCUT2D eigenvalue weighted by atomic mass is 10.1. The van der Waals surface area contributed by atoms with Gasteiger partial charge in [0.1, 0.15) is 5.02 Å². The van der Waals surface area contributed by atoms with E-state index >= 15 is 0 Å². The van der Waals surface area contributed by atoms with E-state index in [-0.39, 0.29) is 21.5 Å². The maximum Gasteiger partial charge on any atom is 0.264 e. The van der Waals surface area contributed by atoms with Gasteiger partial charge < -0.3 is 4.74 Å². The van der Waals surface area contributed by atoms with Crippen LogP contribution in [-0.2, 0) is 10.0 Å². The Morgan fingerprint density at radius 2 is 1.71 bits per heavy atom. The van der Waals surface area contributed by atoms with Crippen molar-refractivity contribution in [2.45, 2.75) is 0 Å². The molecule has 2 aromatic carbocycles. The van der Waals surface area contributed by atoms with Crippen molar-refractivity contribution < 1.29 is 31.1 Å². The highest BCUT2D eigenvalue weighted by Crippen LogP contribution is 2.36. The number of carbonyl (C=O) groups is 1. The zero-order valence-corrected chi connectivity index (χ0v) is 17.7. The number of pyridine rings is 1. The fraction of sp³-hybridized carbons (Fsp3) is 0.0526. The number of nitrogens with zero attached hydrogens (tertiary/aromatic N) is 1. The standard InChI is InChI=1S/C19H11Cl2F3N2O4S/c1-31(28,29)26-18(27)9-2-3-11(12(20)6-9)10-7-13(21)19(25-8-10)30-17-15(23)5-4-14(22)16(17)24/h2-8H,1H3,(H,26,27). The number of amides is 1. The van der Waals surface area contributed by atoms with Crippen LogP contribution in [0.2, 0.25) is 10.0 Å². The number of benzene rings is 2. The number of aromatic nitrogens is 1. The molecule has 3 aromatic rings. The molecular weight excluding hydrogens is 480 g/mol. The molecule has 0 aliphatic rings. The SMILES string of the molecule is CS(=O)(=O)NC(=O)c1ccc(-c2cnc(Oc3c(F)ccc(F)c3F)c(Cl)c2)c(Cl)c1. The summed E-state index contributed by atoms with van der Waals surface area (Å²) in [5.41, 5.74) is 0.731. The van der Waals surface area contributed by atoms with Gasteiger partial charge in [0.2, 0.25) is 27.5 Å². The van der Waals surface area contributed by atoms with Gasteiger partial charge in [0.15, 0.2) is 11.6 Å². The molecule has 0 saturated carbocycles. The molecule has 3 rings (SSSR count). The molecule has 12 heteroatoms. The summed E-state index contributed by atoms with van der Waals surface area (Å²) in [5.74, 6) is -6.23. The van der Waals surface area contributed by atoms with Crippen LogP contribution < -0.4 is 9.46 Å². The first-order valence-corrected chi connectivity index (χ1v) is 10.9. The smallest absolute Gasteiger partial charge is 0.264 e. The molecule has 0 atom stereocenters. The first-order chi connectivity index (χ1) is 14.5. The van der Waals surface area contributed by atoms with Crippen molar-refractivity contribution in [1.82, 2.24) is 9.71 Å². The van der Waals surface area contributed by atoms with E-state index in [0.29, 0.717) is 23.3 Å². The van der Waals surface area contributed by atoms with Crippen LogP contribution in [0.4, 0.5) is 13.2 Å². The second-order valence-corrected chi connectivity index (χ2v) is 8.75. The molecule has 0 saturated heterocycles. The van der Waals surface area contributed by atoms with Crippen LogP contribution in [0.15, 0.2) is 42.6 Å². The van der Waals surface area contributed by atoms with Gasteiger partial charge in [0.25, 0.3) is 5.91 Å². The molecule has 6 nitrogen and oxygen atoms in total. The zero-order valence-electron chi connectivity index (χ0n) is 15.4. The summed E-state index contributed by atoms with van der Waals surface area (Å²) in [6, 6.07) is 6.63. The first kappa shape index (κ1) is 22.9. The summed E-state index contributed by atoms with van der Waals surface area (Å²) in [5, 5.41) is -0.0783. The van der Waals surface area contributed by atoms with Crippen LogP contribution in [0.5, 0.6) is 11.6 Å². The molecule has 1 N–H and O–H groups in total. The maximum absolute atomic E-state index is 13.8. The molecule has 31 heavy (non-hydrogen) atoms. The summed E-state index contributed by atoms with van der Waals surface area (Å²) in [4.78, 5) is 15.8. The third-order valence-electron chi connectivity index (χ3n) is 3.83. The van der Waals surface area contributed by atoms with Crippen molar-refractivity contribution in [2.75, 3.05) is 6.26 Å². The van der Waals surface area contributed by atoms with Crippen LogP contribution in [0.3, 0.4) is 0 Å². The van der Waals surface area contributed by atoms with Crippen molar-refractivity contribution in [2.24, 2.45) is 0 Å². The predicted molar refractivity (Wildman–Crippen MR) is 108 cm³/mol. The summed E-state index contributed by atoms with van der Waals surface area (Å²) in [6.07, 6.45) is 2.06. The summed E-state index contributed by atoms with van der Waals surface area (Å²) in [6.45, 7) is 0. The van der Waals surface area contributed by atoms with E-state index in [0.717, 1.165) is 6.26 Å². The molecule has 0 radical (unpaired) electrons. The Labute approximate surface area is 184 Å². The Hall–Kier alpha value is -2.82. The molecule has 0 bridgehead atoms. The van der Waals surface area contributed by atoms with Crippen molar-refractivity contribution in [3.8, 4) is 22.8 Å². The van der Waals surface area contributed by atoms with Gasteiger partial charge in [-0.05, 0) is 30.3 Å². The second-order valence-electron chi connectivity index (χ2n) is 6.18. The molecule has 0 aliphatic heterocycles. The van der Waals surface area contributed by atoms with Gasteiger partial charge in [-0.15, -0.1) is 0 Å². The quantitative estimate of drug-likeness (QED) is 0.511. The Kier molecular flexibility index (Phi) is 6.44. The lowest BCUT2D eigenvalue weighted by molar-refractivity contribution is 0.0981. The monoisotopic (exact) mass is 490 g/mol. The van der Waals surface area contributed by atoms with Crippen molar-refractivity contribution in [1.29, 1.82) is 0 Å². The largest absolute Gasteiger partial charge is 0.431 e. The molecule has 1 heterocycles. The maximum atomic E-state index is 13.8. The highest BCUT2D eigenvalue weighted by Gasteiger charge is 2.19. The lowest BCUT2D eigenvalue weighted by Crippen LogP contribution is -2.29. The van der Waals surface area contributed by atoms with Gasteiger partial charge in [-0.2, -0.15) is 4.39 Å². The Morgan fingerprint density at radius 3 is 2.32 bits per heavy atom. The van der Waals surface area contributed by atoms with E-state index in [9.17, 15) is 26.4 Å². The number of sulfonamides is 1. The van der Waals surface area contributed by atoms with E-state index in [1.165, 1.54) is 30.5 Å². The third-order valence-corrected chi connectivity index (χ3v) is 4.97. The van der Waals surface area contributed by atoms with Crippen molar-refractivity contribution >= 4 is 39.1 Å². The van der Waals surface area contributed by atoms with Gasteiger partial charge in [0, 0.05) is 27.9 Å². The fourth-order valence-corrected chi connectivity index (χ4v) is 3.41. The average Bonchev–Trinajstić information content (AvgIpc) is 2.68. The minimum Gasteiger partial charge on any atom is -0.431 e. The fourth-order valence-electron chi connectivity index (χ4n) is 2.46. The molecule has 1 amide bonds. The number of nitrogens with one attached hydrogen (secondary N) is 1. The van der Waals surface area contributed by atoms with Crippen molar-refractivity contribution in [3.63, 3.8) is 0 Å². The van der Waals surface area contributed by atoms with E-state index in [4.69, 9.17) is 27.9 Å². The van der Waals surface area contributed by atoms with Crippen LogP contribution in [0.25, 0.3) is 11.1 Å². The second kappa shape index (κ2) is 8.74. The van der Waals surface area contributed by atoms with E-state index in [2.05, 4.69) is 4.98 Å². The number of hydrogen-bond acceptors (Lipinski definition) is 5. The molecule has 1 aromatic heterocycles. The molecule has 0 aliphatic carbocycles. The van der Waals surface area contributed by atoms with Gasteiger partial charge in [-0.3, -0.25) is 4.79 Å². The first-order valence-electron chi connectivity index (χ1n) is 8.25. The highest BCUT2D eigenvalue weighted by atomic mass is 35.5. The third kappa shape index (κ3) is 5.27. The number of rotatable bonds is 5. The minimum atomic E-state index is -3.75.